The van der Waals surface area contributed by atoms with Gasteiger partial charge < -0.3 is 34.9 Å². The van der Waals surface area contributed by atoms with E-state index in [0.717, 1.165) is 16.3 Å². The number of aliphatic hydroxyl groups is 3. The molecule has 0 unspecified atom stereocenters. The number of fused-ring (bicyclic) bond motifs is 3. The second-order valence-corrected chi connectivity index (χ2v) is 12.6. The Balaban J connectivity index is 1.28. The number of hydrogen-bond donors (Lipinski definition) is 4. The Morgan fingerprint density at radius 3 is 2.54 bits per heavy atom. The van der Waals surface area contributed by atoms with Gasteiger partial charge in [0.05, 0.1) is 13.7 Å². The van der Waals surface area contributed by atoms with Crippen LogP contribution in [0.3, 0.4) is 0 Å². The van der Waals surface area contributed by atoms with E-state index in [1.54, 1.807) is 35.9 Å². The number of hydrogen-bond acceptors (Lipinski definition) is 13. The van der Waals surface area contributed by atoms with Gasteiger partial charge in [0.15, 0.2) is 17.0 Å². The molecule has 0 amide bonds. The van der Waals surface area contributed by atoms with Crippen LogP contribution in [0.1, 0.15) is 17.4 Å². The zero-order valence-corrected chi connectivity index (χ0v) is 26.1. The first-order valence-electron chi connectivity index (χ1n) is 14.4. The SMILES string of the molecule is COc1ccc2oc(=O)c(CSc3nc(N)nc4c3nc(SCc3cccc5ccccc35)n4[C@@H]3O[C@H](CO)[C@@H](O)[C@H]3O)cc2c1. The maximum absolute atomic E-state index is 12.8. The minimum Gasteiger partial charge on any atom is -0.497 e. The first-order chi connectivity index (χ1) is 22.3. The molecule has 1 aliphatic heterocycles. The fraction of sp³-hybridized carbons (Fsp3) is 0.250. The minimum atomic E-state index is -1.38. The van der Waals surface area contributed by atoms with E-state index in [4.69, 9.17) is 24.6 Å². The number of ether oxygens (including phenoxy) is 2. The first-order valence-corrected chi connectivity index (χ1v) is 16.3. The highest BCUT2D eigenvalue weighted by atomic mass is 32.2. The molecule has 0 spiro atoms. The molecular weight excluding hydrogens is 631 g/mol. The summed E-state index contributed by atoms with van der Waals surface area (Å²) in [7, 11) is 1.57. The van der Waals surface area contributed by atoms with E-state index in [0.29, 0.717) is 43.7 Å². The van der Waals surface area contributed by atoms with Gasteiger partial charge in [-0.15, -0.1) is 0 Å². The van der Waals surface area contributed by atoms with Gasteiger partial charge in [-0.3, -0.25) is 4.57 Å². The molecule has 1 saturated heterocycles. The molecular formula is C32H29N5O7S2. The molecule has 4 heterocycles. The monoisotopic (exact) mass is 659 g/mol. The lowest BCUT2D eigenvalue weighted by molar-refractivity contribution is -0.0548. The van der Waals surface area contributed by atoms with Crippen LogP contribution in [0.5, 0.6) is 5.75 Å². The normalized spacial score (nSPS) is 19.8. The van der Waals surface area contributed by atoms with Crippen molar-refractivity contribution >= 4 is 62.4 Å². The lowest BCUT2D eigenvalue weighted by Gasteiger charge is -2.19. The van der Waals surface area contributed by atoms with Crippen LogP contribution in [-0.2, 0) is 16.2 Å². The van der Waals surface area contributed by atoms with Crippen molar-refractivity contribution in [2.24, 2.45) is 0 Å². The Morgan fingerprint density at radius 1 is 0.935 bits per heavy atom. The minimum absolute atomic E-state index is 0.0521. The molecule has 7 rings (SSSR count). The van der Waals surface area contributed by atoms with E-state index in [1.165, 1.54) is 23.5 Å². The summed E-state index contributed by atoms with van der Waals surface area (Å²) in [4.78, 5) is 26.6. The van der Waals surface area contributed by atoms with Crippen LogP contribution in [0.25, 0.3) is 32.9 Å². The molecule has 46 heavy (non-hydrogen) atoms. The Hall–Kier alpha value is -4.18. The largest absolute Gasteiger partial charge is 0.497 e. The molecule has 1 aliphatic rings. The number of anilines is 1. The van der Waals surface area contributed by atoms with Crippen molar-refractivity contribution in [2.75, 3.05) is 19.5 Å². The van der Waals surface area contributed by atoms with Crippen LogP contribution in [0.15, 0.2) is 86.1 Å². The highest BCUT2D eigenvalue weighted by Gasteiger charge is 2.45. The summed E-state index contributed by atoms with van der Waals surface area (Å²) >= 11 is 2.63. The van der Waals surface area contributed by atoms with Crippen LogP contribution >= 0.6 is 23.5 Å². The smallest absolute Gasteiger partial charge is 0.340 e. The number of rotatable bonds is 9. The molecule has 14 heteroatoms. The number of nitrogens with two attached hydrogens (primary N) is 1. The maximum Gasteiger partial charge on any atom is 0.340 e. The number of aliphatic hydroxyl groups excluding tert-OH is 3. The molecule has 0 saturated carbocycles. The Morgan fingerprint density at radius 2 is 1.74 bits per heavy atom. The summed E-state index contributed by atoms with van der Waals surface area (Å²) in [6, 6.07) is 21.1. The molecule has 5 N–H and O–H groups in total. The van der Waals surface area contributed by atoms with Crippen molar-refractivity contribution in [1.29, 1.82) is 0 Å². The molecule has 0 bridgehead atoms. The lowest BCUT2D eigenvalue weighted by atomic mass is 10.1. The summed E-state index contributed by atoms with van der Waals surface area (Å²) in [5, 5.41) is 35.1. The number of imidazole rings is 1. The zero-order chi connectivity index (χ0) is 31.9. The molecule has 236 valence electrons. The van der Waals surface area contributed by atoms with E-state index >= 15 is 0 Å². The van der Waals surface area contributed by atoms with Gasteiger partial charge in [-0.2, -0.15) is 4.98 Å². The average Bonchev–Trinajstić information content (AvgIpc) is 3.57. The number of nitrogens with zero attached hydrogens (tertiary/aromatic N) is 4. The molecule has 4 atom stereocenters. The number of methoxy groups -OCH3 is 1. The Kier molecular flexibility index (Phi) is 8.31. The number of thioether (sulfide) groups is 2. The standard InChI is InChI=1S/C32H29N5O7S2/c1-42-20-9-10-22-18(12-20)11-19(30(41)44-22)15-45-28-24-27(35-31(33)36-28)37(29-26(40)25(39)23(13-38)43-29)32(34-24)46-14-17-7-4-6-16-5-2-3-8-21(16)17/h2-12,23,25-26,29,38-40H,13-15H2,1H3,(H2,33,35,36)/t23-,25-,26-,29-/m1/s1. The lowest BCUT2D eigenvalue weighted by Crippen LogP contribution is -2.33. The quantitative estimate of drug-likeness (QED) is 0.0999. The molecule has 3 aromatic carbocycles. The predicted octanol–water partition coefficient (Wildman–Crippen LogP) is 3.87. The Bertz CT molecular complexity index is 2130. The van der Waals surface area contributed by atoms with Crippen LogP contribution in [0.2, 0.25) is 0 Å². The maximum atomic E-state index is 12.8. The molecule has 0 aliphatic carbocycles. The predicted molar refractivity (Wildman–Crippen MR) is 175 cm³/mol. The van der Waals surface area contributed by atoms with E-state index in [-0.39, 0.29) is 17.3 Å². The number of aromatic nitrogens is 4. The third-order valence-electron chi connectivity index (χ3n) is 7.88. The molecule has 3 aromatic heterocycles. The number of benzene rings is 3. The summed E-state index contributed by atoms with van der Waals surface area (Å²) in [5.41, 5.74) is 8.28. The van der Waals surface area contributed by atoms with Crippen molar-refractivity contribution in [1.82, 2.24) is 19.5 Å². The van der Waals surface area contributed by atoms with Gasteiger partial charge >= 0.3 is 5.63 Å². The Labute approximate surface area is 270 Å². The van der Waals surface area contributed by atoms with Gasteiger partial charge in [0.1, 0.15) is 40.2 Å². The highest BCUT2D eigenvalue weighted by molar-refractivity contribution is 7.98. The fourth-order valence-corrected chi connectivity index (χ4v) is 7.50. The molecule has 6 aromatic rings. The van der Waals surface area contributed by atoms with Gasteiger partial charge in [0, 0.05) is 22.5 Å². The first kappa shape index (κ1) is 30.5. The van der Waals surface area contributed by atoms with Gasteiger partial charge in [0.25, 0.3) is 0 Å². The average molecular weight is 660 g/mol. The van der Waals surface area contributed by atoms with Crippen molar-refractivity contribution in [3.05, 3.63) is 88.3 Å². The third-order valence-corrected chi connectivity index (χ3v) is 9.89. The molecule has 12 nitrogen and oxygen atoms in total. The van der Waals surface area contributed by atoms with E-state index in [2.05, 4.69) is 16.0 Å². The topological polar surface area (TPSA) is 179 Å². The van der Waals surface area contributed by atoms with Gasteiger partial charge in [-0.05, 0) is 40.6 Å². The van der Waals surface area contributed by atoms with E-state index in [9.17, 15) is 20.1 Å². The van der Waals surface area contributed by atoms with Crippen LogP contribution in [-0.4, -0.2) is 66.9 Å². The van der Waals surface area contributed by atoms with Crippen LogP contribution in [0.4, 0.5) is 5.95 Å². The fourth-order valence-electron chi connectivity index (χ4n) is 5.55. The van der Waals surface area contributed by atoms with Gasteiger partial charge in [0.2, 0.25) is 5.95 Å². The van der Waals surface area contributed by atoms with E-state index < -0.39 is 36.8 Å². The highest BCUT2D eigenvalue weighted by Crippen LogP contribution is 2.39. The summed E-state index contributed by atoms with van der Waals surface area (Å²) in [5.74, 6) is 1.30. The number of nitrogen functional groups attached to an aromatic ring is 1. The zero-order valence-electron chi connectivity index (χ0n) is 24.4. The van der Waals surface area contributed by atoms with Crippen molar-refractivity contribution < 1.29 is 29.2 Å². The van der Waals surface area contributed by atoms with E-state index in [1.807, 2.05) is 36.4 Å². The van der Waals surface area contributed by atoms with Crippen molar-refractivity contribution in [3.8, 4) is 5.75 Å². The second kappa shape index (κ2) is 12.5. The van der Waals surface area contributed by atoms with Gasteiger partial charge in [-0.1, -0.05) is 66.0 Å². The third kappa shape index (κ3) is 5.57. The van der Waals surface area contributed by atoms with Crippen molar-refractivity contribution in [2.45, 2.75) is 46.2 Å². The molecule has 1 fully saturated rings. The van der Waals surface area contributed by atoms with Crippen LogP contribution < -0.4 is 16.1 Å². The van der Waals surface area contributed by atoms with Gasteiger partial charge in [-0.25, -0.2) is 14.8 Å². The summed E-state index contributed by atoms with van der Waals surface area (Å²) in [6.07, 6.45) is -4.82. The van der Waals surface area contributed by atoms with Crippen molar-refractivity contribution in [3.63, 3.8) is 0 Å². The summed E-state index contributed by atoms with van der Waals surface area (Å²) in [6.45, 7) is -0.488. The molecule has 0 radical (unpaired) electrons. The second-order valence-electron chi connectivity index (χ2n) is 10.7. The van der Waals surface area contributed by atoms with Crippen LogP contribution in [0, 0.1) is 0 Å². The summed E-state index contributed by atoms with van der Waals surface area (Å²) < 4.78 is 18.4.